The van der Waals surface area contributed by atoms with Gasteiger partial charge in [-0.15, -0.1) is 0 Å². The molecule has 1 aliphatic heterocycles. The molecule has 0 saturated heterocycles. The molecule has 0 atom stereocenters. The summed E-state index contributed by atoms with van der Waals surface area (Å²) >= 11 is 0. The van der Waals surface area contributed by atoms with E-state index in [0.717, 1.165) is 52.3 Å². The summed E-state index contributed by atoms with van der Waals surface area (Å²) in [6.07, 6.45) is 9.26. The van der Waals surface area contributed by atoms with Crippen molar-refractivity contribution in [2.75, 3.05) is 6.54 Å². The van der Waals surface area contributed by atoms with E-state index in [1.807, 2.05) is 35.0 Å². The number of aliphatic imine (C=N–C) groups is 1. The highest BCUT2D eigenvalue weighted by Gasteiger charge is 2.34. The van der Waals surface area contributed by atoms with Gasteiger partial charge in [0.15, 0.2) is 5.65 Å². The van der Waals surface area contributed by atoms with Crippen LogP contribution in [0.2, 0.25) is 0 Å². The first kappa shape index (κ1) is 18.2. The normalized spacial score (nSPS) is 17.0. The Balaban J connectivity index is 1.56. The molecule has 1 fully saturated rings. The molecule has 2 aliphatic rings. The quantitative estimate of drug-likeness (QED) is 0.532. The summed E-state index contributed by atoms with van der Waals surface area (Å²) in [6.45, 7) is 0.714. The number of nitrogens with two attached hydrogens (primary N) is 1. The van der Waals surface area contributed by atoms with Crippen molar-refractivity contribution < 1.29 is 0 Å². The zero-order valence-corrected chi connectivity index (χ0v) is 17.2. The van der Waals surface area contributed by atoms with Gasteiger partial charge in [0.05, 0.1) is 18.0 Å². The van der Waals surface area contributed by atoms with Gasteiger partial charge in [0.25, 0.3) is 0 Å². The molecule has 2 N–H and O–H groups in total. The molecule has 5 nitrogen and oxygen atoms in total. The van der Waals surface area contributed by atoms with Crippen molar-refractivity contribution in [1.29, 1.82) is 0 Å². The third-order valence-corrected chi connectivity index (χ3v) is 6.46. The van der Waals surface area contributed by atoms with Gasteiger partial charge >= 0.3 is 0 Å². The molecule has 0 amide bonds. The summed E-state index contributed by atoms with van der Waals surface area (Å²) in [6, 6.07) is 20.9. The van der Waals surface area contributed by atoms with Crippen molar-refractivity contribution >= 4 is 11.4 Å². The van der Waals surface area contributed by atoms with E-state index in [1.54, 1.807) is 0 Å². The minimum atomic E-state index is -0.165. The maximum absolute atomic E-state index is 6.54. The maximum Gasteiger partial charge on any atom is 0.164 e. The van der Waals surface area contributed by atoms with Gasteiger partial charge in [-0.2, -0.15) is 5.10 Å². The lowest BCUT2D eigenvalue weighted by molar-refractivity contribution is 0.253. The van der Waals surface area contributed by atoms with Gasteiger partial charge in [0.2, 0.25) is 0 Å². The topological polar surface area (TPSA) is 68.6 Å². The van der Waals surface area contributed by atoms with Crippen LogP contribution in [0.25, 0.3) is 28.2 Å². The van der Waals surface area contributed by atoms with Crippen LogP contribution in [-0.2, 0) is 5.54 Å². The van der Waals surface area contributed by atoms with Crippen molar-refractivity contribution in [3.05, 3.63) is 90.1 Å². The van der Waals surface area contributed by atoms with E-state index in [4.69, 9.17) is 10.7 Å². The summed E-state index contributed by atoms with van der Waals surface area (Å²) < 4.78 is 1.94. The van der Waals surface area contributed by atoms with Crippen molar-refractivity contribution in [2.45, 2.75) is 24.8 Å². The average molecular weight is 406 g/mol. The Hall–Kier alpha value is -3.57. The van der Waals surface area contributed by atoms with Crippen LogP contribution in [0.4, 0.5) is 0 Å². The largest absolute Gasteiger partial charge is 0.321 e. The van der Waals surface area contributed by atoms with Crippen LogP contribution in [0.15, 0.2) is 84.0 Å². The molecule has 1 saturated carbocycles. The van der Waals surface area contributed by atoms with Gasteiger partial charge in [-0.25, -0.2) is 9.50 Å². The van der Waals surface area contributed by atoms with Gasteiger partial charge in [0, 0.05) is 28.4 Å². The first-order valence-electron chi connectivity index (χ1n) is 10.8. The fraction of sp³-hybridized carbons (Fsp3) is 0.192. The first-order valence-corrected chi connectivity index (χ1v) is 10.8. The molecule has 0 bridgehead atoms. The molecular formula is C26H23N5. The number of benzene rings is 2. The van der Waals surface area contributed by atoms with Crippen LogP contribution in [0, 0.1) is 0 Å². The predicted molar refractivity (Wildman–Crippen MR) is 124 cm³/mol. The van der Waals surface area contributed by atoms with Crippen molar-refractivity contribution in [3.63, 3.8) is 0 Å². The Labute approximate surface area is 181 Å². The van der Waals surface area contributed by atoms with Crippen LogP contribution in [-0.4, -0.2) is 26.9 Å². The Bertz CT molecular complexity index is 1330. The molecule has 2 aromatic heterocycles. The molecule has 4 aromatic rings. The lowest BCUT2D eigenvalue weighted by Crippen LogP contribution is -2.43. The summed E-state index contributed by atoms with van der Waals surface area (Å²) in [5.41, 5.74) is 14.4. The van der Waals surface area contributed by atoms with E-state index in [0.29, 0.717) is 6.54 Å². The molecule has 0 radical (unpaired) electrons. The van der Waals surface area contributed by atoms with E-state index in [-0.39, 0.29) is 5.54 Å². The van der Waals surface area contributed by atoms with Gasteiger partial charge < -0.3 is 5.73 Å². The van der Waals surface area contributed by atoms with Gasteiger partial charge in [-0.05, 0) is 37.0 Å². The fourth-order valence-electron chi connectivity index (χ4n) is 4.55. The Kier molecular flexibility index (Phi) is 4.11. The predicted octanol–water partition coefficient (Wildman–Crippen LogP) is 4.76. The van der Waals surface area contributed by atoms with Gasteiger partial charge in [-0.1, -0.05) is 60.7 Å². The highest BCUT2D eigenvalue weighted by atomic mass is 15.3. The van der Waals surface area contributed by atoms with Crippen LogP contribution < -0.4 is 5.73 Å². The smallest absolute Gasteiger partial charge is 0.164 e. The average Bonchev–Trinajstić information content (AvgIpc) is 3.46. The van der Waals surface area contributed by atoms with Gasteiger partial charge in [-0.3, -0.25) is 4.99 Å². The highest BCUT2D eigenvalue weighted by molar-refractivity contribution is 6.13. The standard InChI is InChI=1S/C26H23N5/c27-26(14-5-15-26)20-11-9-18(10-12-20)23-24(19-6-2-1-3-7-19)31-25(30-23)21(13-17-29-31)22-8-4-16-28-22/h1-4,6-13,17H,5,14-16,27H2. The summed E-state index contributed by atoms with van der Waals surface area (Å²) in [7, 11) is 0. The van der Waals surface area contributed by atoms with E-state index in [2.05, 4.69) is 58.6 Å². The lowest BCUT2D eigenvalue weighted by Gasteiger charge is -2.38. The molecule has 3 heterocycles. The third kappa shape index (κ3) is 2.93. The minimum Gasteiger partial charge on any atom is -0.321 e. The molecular weight excluding hydrogens is 382 g/mol. The van der Waals surface area contributed by atoms with E-state index in [9.17, 15) is 0 Å². The number of fused-ring (bicyclic) bond motifs is 1. The fourth-order valence-corrected chi connectivity index (χ4v) is 4.55. The SMILES string of the molecule is NC1(c2ccc(-c3nc4c(C5=NCC=C5)ccnn4c3-c3ccccc3)cc2)CCC1. The zero-order chi connectivity index (χ0) is 20.8. The van der Waals surface area contributed by atoms with E-state index in [1.165, 1.54) is 12.0 Å². The molecule has 0 unspecified atom stereocenters. The molecule has 1 aliphatic carbocycles. The second-order valence-electron chi connectivity index (χ2n) is 8.37. The number of nitrogens with zero attached hydrogens (tertiary/aromatic N) is 4. The van der Waals surface area contributed by atoms with E-state index >= 15 is 0 Å². The highest BCUT2D eigenvalue weighted by Crippen LogP contribution is 2.40. The number of imidazole rings is 1. The van der Waals surface area contributed by atoms with Crippen LogP contribution in [0.3, 0.4) is 0 Å². The number of rotatable bonds is 4. The molecule has 0 spiro atoms. The second kappa shape index (κ2) is 7.00. The number of hydrogen-bond acceptors (Lipinski definition) is 4. The molecule has 5 heteroatoms. The summed E-state index contributed by atoms with van der Waals surface area (Å²) in [5, 5.41) is 4.67. The third-order valence-electron chi connectivity index (χ3n) is 6.46. The Morgan fingerprint density at radius 2 is 1.71 bits per heavy atom. The van der Waals surface area contributed by atoms with Crippen molar-refractivity contribution in [2.24, 2.45) is 10.7 Å². The number of hydrogen-bond donors (Lipinski definition) is 1. The van der Waals surface area contributed by atoms with E-state index < -0.39 is 0 Å². The van der Waals surface area contributed by atoms with Crippen molar-refractivity contribution in [3.8, 4) is 22.5 Å². The maximum atomic E-state index is 6.54. The number of allylic oxidation sites excluding steroid dienone is 1. The van der Waals surface area contributed by atoms with Crippen LogP contribution in [0.5, 0.6) is 0 Å². The summed E-state index contributed by atoms with van der Waals surface area (Å²) in [5.74, 6) is 0. The number of aromatic nitrogens is 3. The van der Waals surface area contributed by atoms with Crippen molar-refractivity contribution in [1.82, 2.24) is 14.6 Å². The van der Waals surface area contributed by atoms with Crippen LogP contribution in [0.1, 0.15) is 30.4 Å². The van der Waals surface area contributed by atoms with Crippen LogP contribution >= 0.6 is 0 Å². The first-order chi connectivity index (χ1) is 15.2. The Morgan fingerprint density at radius 3 is 2.39 bits per heavy atom. The summed E-state index contributed by atoms with van der Waals surface area (Å²) in [4.78, 5) is 9.69. The molecule has 31 heavy (non-hydrogen) atoms. The zero-order valence-electron chi connectivity index (χ0n) is 17.2. The molecule has 6 rings (SSSR count). The Morgan fingerprint density at radius 1 is 0.903 bits per heavy atom. The second-order valence-corrected chi connectivity index (χ2v) is 8.37. The monoisotopic (exact) mass is 405 g/mol. The minimum absolute atomic E-state index is 0.165. The molecule has 152 valence electrons. The van der Waals surface area contributed by atoms with Gasteiger partial charge in [0.1, 0.15) is 5.69 Å². The lowest BCUT2D eigenvalue weighted by atomic mass is 9.72. The molecule has 2 aromatic carbocycles.